The first kappa shape index (κ1) is 29.1. The van der Waals surface area contributed by atoms with E-state index in [1.807, 2.05) is 6.07 Å². The fourth-order valence-electron chi connectivity index (χ4n) is 7.47. The summed E-state index contributed by atoms with van der Waals surface area (Å²) < 4.78 is 0. The topological polar surface area (TPSA) is 25.8 Å². The Hall–Kier alpha value is -6.12. The van der Waals surface area contributed by atoms with E-state index in [0.717, 1.165) is 33.9 Å². The van der Waals surface area contributed by atoms with Gasteiger partial charge in [0.25, 0.3) is 0 Å². The maximum absolute atomic E-state index is 5.36. The normalized spacial score (nSPS) is 12.9. The van der Waals surface area contributed by atoms with Gasteiger partial charge in [-0.15, -0.1) is 0 Å². The van der Waals surface area contributed by atoms with Gasteiger partial charge in [-0.1, -0.05) is 159 Å². The van der Waals surface area contributed by atoms with Gasteiger partial charge >= 0.3 is 0 Å². The quantitative estimate of drug-likeness (QED) is 0.190. The molecule has 9 rings (SSSR count). The number of rotatable bonds is 5. The Balaban J connectivity index is 1.16. The van der Waals surface area contributed by atoms with E-state index in [-0.39, 0.29) is 5.41 Å². The van der Waals surface area contributed by atoms with Crippen molar-refractivity contribution >= 4 is 10.8 Å². The van der Waals surface area contributed by atoms with Crippen molar-refractivity contribution in [3.05, 3.63) is 181 Å². The smallest absolute Gasteiger partial charge is 0.160 e. The summed E-state index contributed by atoms with van der Waals surface area (Å²) in [5, 5.41) is 2.47. The summed E-state index contributed by atoms with van der Waals surface area (Å²) in [5.74, 6) is 0.748. The molecule has 0 saturated carbocycles. The Morgan fingerprint density at radius 3 is 1.47 bits per heavy atom. The van der Waals surface area contributed by atoms with Crippen molar-refractivity contribution in [2.75, 3.05) is 0 Å². The van der Waals surface area contributed by atoms with Crippen molar-refractivity contribution < 1.29 is 0 Å². The molecule has 0 spiro atoms. The van der Waals surface area contributed by atoms with Crippen molar-refractivity contribution in [2.45, 2.75) is 19.3 Å². The lowest BCUT2D eigenvalue weighted by atomic mass is 9.80. The van der Waals surface area contributed by atoms with Gasteiger partial charge in [0.1, 0.15) is 0 Å². The molecule has 0 fully saturated rings. The summed E-state index contributed by atoms with van der Waals surface area (Å²) in [6.45, 7) is 4.63. The Labute approximate surface area is 287 Å². The monoisotopic (exact) mass is 626 g/mol. The Morgan fingerprint density at radius 1 is 0.367 bits per heavy atom. The fraction of sp³-hybridized carbons (Fsp3) is 0.0638. The number of hydrogen-bond acceptors (Lipinski definition) is 2. The van der Waals surface area contributed by atoms with E-state index in [9.17, 15) is 0 Å². The Kier molecular flexibility index (Phi) is 6.84. The third-order valence-corrected chi connectivity index (χ3v) is 10.0. The molecule has 0 N–H and O–H groups in total. The van der Waals surface area contributed by atoms with E-state index >= 15 is 0 Å². The van der Waals surface area contributed by atoms with E-state index in [2.05, 4.69) is 178 Å². The second kappa shape index (κ2) is 11.5. The van der Waals surface area contributed by atoms with Crippen LogP contribution in [-0.2, 0) is 5.41 Å². The van der Waals surface area contributed by atoms with Crippen LogP contribution in [0.5, 0.6) is 0 Å². The fourth-order valence-corrected chi connectivity index (χ4v) is 7.47. The van der Waals surface area contributed by atoms with Crippen LogP contribution in [0, 0.1) is 0 Å². The lowest BCUT2D eigenvalue weighted by Crippen LogP contribution is -2.17. The highest BCUT2D eigenvalue weighted by atomic mass is 14.9. The number of benzene rings is 7. The average molecular weight is 627 g/mol. The van der Waals surface area contributed by atoms with Gasteiger partial charge in [0, 0.05) is 27.7 Å². The van der Waals surface area contributed by atoms with Crippen LogP contribution in [0.3, 0.4) is 0 Å². The highest BCUT2D eigenvalue weighted by Gasteiger charge is 2.40. The molecular weight excluding hydrogens is 593 g/mol. The molecule has 49 heavy (non-hydrogen) atoms. The minimum Gasteiger partial charge on any atom is -0.228 e. The lowest BCUT2D eigenvalue weighted by molar-refractivity contribution is 0.658. The van der Waals surface area contributed by atoms with Crippen LogP contribution in [0.2, 0.25) is 0 Å². The largest absolute Gasteiger partial charge is 0.228 e. The zero-order chi connectivity index (χ0) is 33.0. The first-order valence-electron chi connectivity index (χ1n) is 16.9. The first-order valence-corrected chi connectivity index (χ1v) is 16.9. The molecule has 0 unspecified atom stereocenters. The van der Waals surface area contributed by atoms with Crippen LogP contribution in [-0.4, -0.2) is 9.97 Å². The van der Waals surface area contributed by atoms with Crippen molar-refractivity contribution in [1.29, 1.82) is 0 Å². The van der Waals surface area contributed by atoms with Gasteiger partial charge in [0.05, 0.1) is 11.4 Å². The van der Waals surface area contributed by atoms with Gasteiger partial charge in [0.15, 0.2) is 5.82 Å². The number of fused-ring (bicyclic) bond motifs is 4. The van der Waals surface area contributed by atoms with E-state index in [1.165, 1.54) is 55.3 Å². The van der Waals surface area contributed by atoms with Crippen LogP contribution < -0.4 is 0 Å². The number of nitrogens with zero attached hydrogens (tertiary/aromatic N) is 2. The van der Waals surface area contributed by atoms with E-state index in [1.54, 1.807) is 0 Å². The molecule has 7 aromatic carbocycles. The van der Waals surface area contributed by atoms with Gasteiger partial charge < -0.3 is 0 Å². The SMILES string of the molecule is CC1(C)c2cc3ccccc3cc2-c2nc(-c3ccccc3)nc(-c3cccc(-c4cccc(-c5ccc(-c6ccccc6)cc5)c4)c3)c21. The predicted molar refractivity (Wildman–Crippen MR) is 204 cm³/mol. The van der Waals surface area contributed by atoms with Crippen molar-refractivity contribution in [2.24, 2.45) is 0 Å². The molecular formula is C47H34N2. The van der Waals surface area contributed by atoms with Gasteiger partial charge in [0.2, 0.25) is 0 Å². The molecule has 2 nitrogen and oxygen atoms in total. The third kappa shape index (κ3) is 5.05. The molecule has 0 bridgehead atoms. The molecule has 0 aliphatic heterocycles. The molecule has 1 aliphatic carbocycles. The summed E-state index contributed by atoms with van der Waals surface area (Å²) in [4.78, 5) is 10.6. The zero-order valence-electron chi connectivity index (χ0n) is 27.6. The average Bonchev–Trinajstić information content (AvgIpc) is 3.39. The lowest BCUT2D eigenvalue weighted by Gasteiger charge is -2.24. The molecule has 1 aromatic heterocycles. The second-order valence-corrected chi connectivity index (χ2v) is 13.5. The highest BCUT2D eigenvalue weighted by Crippen LogP contribution is 2.52. The van der Waals surface area contributed by atoms with Gasteiger partial charge in [-0.25, -0.2) is 9.97 Å². The molecule has 0 atom stereocenters. The Morgan fingerprint density at radius 2 is 0.816 bits per heavy atom. The van der Waals surface area contributed by atoms with Crippen LogP contribution in [0.4, 0.5) is 0 Å². The van der Waals surface area contributed by atoms with Crippen molar-refractivity contribution in [1.82, 2.24) is 9.97 Å². The highest BCUT2D eigenvalue weighted by molar-refractivity contribution is 5.95. The Bertz CT molecular complexity index is 2490. The van der Waals surface area contributed by atoms with Gasteiger partial charge in [-0.2, -0.15) is 0 Å². The number of hydrogen-bond donors (Lipinski definition) is 0. The summed E-state index contributed by atoms with van der Waals surface area (Å²) in [7, 11) is 0. The van der Waals surface area contributed by atoms with Crippen LogP contribution in [0.25, 0.3) is 78.1 Å². The molecule has 8 aromatic rings. The van der Waals surface area contributed by atoms with E-state index < -0.39 is 0 Å². The van der Waals surface area contributed by atoms with Crippen LogP contribution in [0.1, 0.15) is 25.0 Å². The van der Waals surface area contributed by atoms with Crippen molar-refractivity contribution in [3.8, 4) is 67.3 Å². The molecule has 2 heteroatoms. The minimum absolute atomic E-state index is 0.277. The van der Waals surface area contributed by atoms with Gasteiger partial charge in [-0.3, -0.25) is 0 Å². The molecule has 232 valence electrons. The minimum atomic E-state index is -0.277. The second-order valence-electron chi connectivity index (χ2n) is 13.5. The summed E-state index contributed by atoms with van der Waals surface area (Å²) in [6.07, 6.45) is 0. The first-order chi connectivity index (χ1) is 24.0. The molecule has 0 radical (unpaired) electrons. The van der Waals surface area contributed by atoms with Crippen molar-refractivity contribution in [3.63, 3.8) is 0 Å². The summed E-state index contributed by atoms with van der Waals surface area (Å²) in [6, 6.07) is 60.7. The van der Waals surface area contributed by atoms with Crippen LogP contribution in [0.15, 0.2) is 170 Å². The van der Waals surface area contributed by atoms with Gasteiger partial charge in [-0.05, 0) is 74.0 Å². The van der Waals surface area contributed by atoms with E-state index in [0.29, 0.717) is 0 Å². The maximum Gasteiger partial charge on any atom is 0.160 e. The summed E-state index contributed by atoms with van der Waals surface area (Å²) >= 11 is 0. The number of aromatic nitrogens is 2. The maximum atomic E-state index is 5.36. The molecule has 1 heterocycles. The van der Waals surface area contributed by atoms with E-state index in [4.69, 9.17) is 9.97 Å². The van der Waals surface area contributed by atoms with Crippen LogP contribution >= 0.6 is 0 Å². The summed E-state index contributed by atoms with van der Waals surface area (Å²) in [5.41, 5.74) is 14.7. The zero-order valence-corrected chi connectivity index (χ0v) is 27.6. The molecule has 1 aliphatic rings. The third-order valence-electron chi connectivity index (χ3n) is 10.0. The standard InChI is InChI=1S/C47H34N2/c1-47(2)42-30-39-18-10-9-17-38(39)29-41(42)45-43(47)44(48-46(49-45)34-15-7-4-8-16-34)40-22-12-21-37(28-40)36-20-11-19-35(27-36)33-25-23-32(24-26-33)31-13-5-3-6-14-31/h3-30H,1-2H3. The molecule has 0 saturated heterocycles. The molecule has 0 amide bonds. The predicted octanol–water partition coefficient (Wildman–Crippen LogP) is 12.3.